The Bertz CT molecular complexity index is 412. The summed E-state index contributed by atoms with van der Waals surface area (Å²) in [6.07, 6.45) is 0.606. The third-order valence-corrected chi connectivity index (χ3v) is 3.73. The van der Waals surface area contributed by atoms with E-state index >= 15 is 0 Å². The molecule has 3 heteroatoms. The largest absolute Gasteiger partial charge is 0.497 e. The lowest BCUT2D eigenvalue weighted by molar-refractivity contribution is 0.135. The smallest absolute Gasteiger partial charge is 0.128 e. The topological polar surface area (TPSA) is 38.7 Å². The van der Waals surface area contributed by atoms with Crippen LogP contribution < -0.4 is 9.47 Å². The van der Waals surface area contributed by atoms with Gasteiger partial charge in [0.1, 0.15) is 11.5 Å². The van der Waals surface area contributed by atoms with Crippen molar-refractivity contribution in [3.8, 4) is 11.5 Å². The lowest BCUT2D eigenvalue weighted by atomic mass is 9.99. The summed E-state index contributed by atoms with van der Waals surface area (Å²) in [7, 11) is 3.23. The molecule has 0 spiro atoms. The van der Waals surface area contributed by atoms with E-state index in [1.807, 2.05) is 18.2 Å². The summed E-state index contributed by atoms with van der Waals surface area (Å²) in [6, 6.07) is 5.56. The molecule has 0 bridgehead atoms. The summed E-state index contributed by atoms with van der Waals surface area (Å²) in [5.74, 6) is 1.76. The zero-order valence-corrected chi connectivity index (χ0v) is 10.9. The summed E-state index contributed by atoms with van der Waals surface area (Å²) < 4.78 is 10.5. The molecule has 1 N–H and O–H groups in total. The summed E-state index contributed by atoms with van der Waals surface area (Å²) in [6.45, 7) is 4.35. The molecular weight excluding hydrogens is 216 g/mol. The van der Waals surface area contributed by atoms with Crippen molar-refractivity contribution in [2.45, 2.75) is 26.4 Å². The highest BCUT2D eigenvalue weighted by Gasteiger charge is 2.50. The van der Waals surface area contributed by atoms with E-state index < -0.39 is 6.10 Å². The van der Waals surface area contributed by atoms with Gasteiger partial charge in [-0.3, -0.25) is 0 Å². The maximum absolute atomic E-state index is 10.4. The zero-order valence-electron chi connectivity index (χ0n) is 10.9. The van der Waals surface area contributed by atoms with Gasteiger partial charge < -0.3 is 14.6 Å². The maximum atomic E-state index is 10.4. The second-order valence-corrected chi connectivity index (χ2v) is 5.35. The van der Waals surface area contributed by atoms with Crippen LogP contribution in [0.4, 0.5) is 0 Å². The molecule has 1 aliphatic rings. The minimum absolute atomic E-state index is 0.240. The molecule has 1 aromatic carbocycles. The van der Waals surface area contributed by atoms with Crippen molar-refractivity contribution >= 4 is 0 Å². The lowest BCUT2D eigenvalue weighted by Crippen LogP contribution is -2.06. The number of benzene rings is 1. The molecule has 2 rings (SSSR count). The van der Waals surface area contributed by atoms with Crippen LogP contribution in [0.25, 0.3) is 0 Å². The Morgan fingerprint density at radius 1 is 1.29 bits per heavy atom. The van der Waals surface area contributed by atoms with Gasteiger partial charge in [-0.15, -0.1) is 0 Å². The number of methoxy groups -OCH3 is 2. The van der Waals surface area contributed by atoms with Gasteiger partial charge in [-0.2, -0.15) is 0 Å². The van der Waals surface area contributed by atoms with Crippen LogP contribution in [-0.2, 0) is 0 Å². The van der Waals surface area contributed by atoms with Crippen molar-refractivity contribution in [2.24, 2.45) is 11.3 Å². The van der Waals surface area contributed by atoms with E-state index in [4.69, 9.17) is 9.47 Å². The molecule has 1 fully saturated rings. The van der Waals surface area contributed by atoms with Crippen molar-refractivity contribution in [1.82, 2.24) is 0 Å². The molecule has 2 atom stereocenters. The fraction of sp³-hybridized carbons (Fsp3) is 0.571. The maximum Gasteiger partial charge on any atom is 0.128 e. The Morgan fingerprint density at radius 2 is 1.94 bits per heavy atom. The van der Waals surface area contributed by atoms with E-state index in [0.717, 1.165) is 17.7 Å². The molecule has 1 saturated carbocycles. The first-order valence-electron chi connectivity index (χ1n) is 5.89. The molecular formula is C14H20O3. The van der Waals surface area contributed by atoms with Crippen LogP contribution in [0.2, 0.25) is 0 Å². The lowest BCUT2D eigenvalue weighted by Gasteiger charge is -2.17. The van der Waals surface area contributed by atoms with Gasteiger partial charge in [0, 0.05) is 11.6 Å². The van der Waals surface area contributed by atoms with Crippen molar-refractivity contribution < 1.29 is 14.6 Å². The first-order chi connectivity index (χ1) is 7.99. The van der Waals surface area contributed by atoms with Gasteiger partial charge in [-0.25, -0.2) is 0 Å². The second-order valence-electron chi connectivity index (χ2n) is 5.35. The molecule has 17 heavy (non-hydrogen) atoms. The number of aliphatic hydroxyl groups excluding tert-OH is 1. The Balaban J connectivity index is 2.26. The van der Waals surface area contributed by atoms with E-state index in [1.165, 1.54) is 0 Å². The molecule has 1 aromatic rings. The molecule has 2 unspecified atom stereocenters. The van der Waals surface area contributed by atoms with Gasteiger partial charge in [-0.1, -0.05) is 13.8 Å². The molecule has 0 aromatic heterocycles. The van der Waals surface area contributed by atoms with Gasteiger partial charge in [-0.05, 0) is 29.9 Å². The van der Waals surface area contributed by atoms with Crippen LogP contribution >= 0.6 is 0 Å². The first kappa shape index (κ1) is 12.2. The Labute approximate surface area is 102 Å². The number of hydrogen-bond acceptors (Lipinski definition) is 3. The van der Waals surface area contributed by atoms with Gasteiger partial charge in [0.05, 0.1) is 20.3 Å². The molecule has 0 saturated heterocycles. The summed E-state index contributed by atoms with van der Waals surface area (Å²) in [5.41, 5.74) is 1.09. The standard InChI is InChI=1S/C14H20O3/c1-14(2)8-11(14)13(15)10-6-5-9(16-3)7-12(10)17-4/h5-7,11,13,15H,8H2,1-4H3. The van der Waals surface area contributed by atoms with Crippen molar-refractivity contribution in [1.29, 1.82) is 0 Å². The van der Waals surface area contributed by atoms with E-state index in [2.05, 4.69) is 13.8 Å². The average Bonchev–Trinajstić information content (AvgIpc) is 2.96. The Morgan fingerprint density at radius 3 is 2.41 bits per heavy atom. The van der Waals surface area contributed by atoms with E-state index in [9.17, 15) is 5.11 Å². The fourth-order valence-corrected chi connectivity index (χ4v) is 2.33. The number of rotatable bonds is 4. The quantitative estimate of drug-likeness (QED) is 0.873. The number of hydrogen-bond donors (Lipinski definition) is 1. The molecule has 0 aliphatic heterocycles. The van der Waals surface area contributed by atoms with Gasteiger partial charge in [0.2, 0.25) is 0 Å². The van der Waals surface area contributed by atoms with E-state index in [1.54, 1.807) is 14.2 Å². The predicted molar refractivity (Wildman–Crippen MR) is 66.4 cm³/mol. The molecule has 0 heterocycles. The van der Waals surface area contributed by atoms with Crippen molar-refractivity contribution in [3.63, 3.8) is 0 Å². The van der Waals surface area contributed by atoms with E-state index in [-0.39, 0.29) is 5.41 Å². The van der Waals surface area contributed by atoms with Gasteiger partial charge >= 0.3 is 0 Å². The summed E-state index contributed by atoms with van der Waals surface area (Å²) in [4.78, 5) is 0. The third-order valence-electron chi connectivity index (χ3n) is 3.73. The van der Waals surface area contributed by atoms with E-state index in [0.29, 0.717) is 11.7 Å². The molecule has 3 nitrogen and oxygen atoms in total. The summed E-state index contributed by atoms with van der Waals surface area (Å²) >= 11 is 0. The van der Waals surface area contributed by atoms with Crippen molar-refractivity contribution in [2.75, 3.05) is 14.2 Å². The van der Waals surface area contributed by atoms with Crippen LogP contribution in [0.3, 0.4) is 0 Å². The summed E-state index contributed by atoms with van der Waals surface area (Å²) in [5, 5.41) is 10.4. The molecule has 0 radical (unpaired) electrons. The minimum Gasteiger partial charge on any atom is -0.497 e. The molecule has 1 aliphatic carbocycles. The second kappa shape index (κ2) is 4.22. The number of aliphatic hydroxyl groups is 1. The Kier molecular flexibility index (Phi) is 3.04. The Hall–Kier alpha value is -1.22. The minimum atomic E-state index is -0.453. The zero-order chi connectivity index (χ0) is 12.6. The fourth-order valence-electron chi connectivity index (χ4n) is 2.33. The number of ether oxygens (including phenoxy) is 2. The molecule has 0 amide bonds. The van der Waals surface area contributed by atoms with Crippen molar-refractivity contribution in [3.05, 3.63) is 23.8 Å². The van der Waals surface area contributed by atoms with Crippen LogP contribution in [0, 0.1) is 11.3 Å². The molecule has 94 valence electrons. The van der Waals surface area contributed by atoms with Crippen LogP contribution in [0.15, 0.2) is 18.2 Å². The van der Waals surface area contributed by atoms with Crippen LogP contribution in [0.1, 0.15) is 31.9 Å². The SMILES string of the molecule is COc1ccc(C(O)C2CC2(C)C)c(OC)c1. The normalized spacial score (nSPS) is 23.0. The average molecular weight is 236 g/mol. The third kappa shape index (κ3) is 2.25. The highest BCUT2D eigenvalue weighted by atomic mass is 16.5. The predicted octanol–water partition coefficient (Wildman–Crippen LogP) is 2.78. The monoisotopic (exact) mass is 236 g/mol. The highest BCUT2D eigenvalue weighted by molar-refractivity contribution is 5.42. The van der Waals surface area contributed by atoms with Crippen LogP contribution in [-0.4, -0.2) is 19.3 Å². The van der Waals surface area contributed by atoms with Gasteiger partial charge in [0.25, 0.3) is 0 Å². The van der Waals surface area contributed by atoms with Crippen LogP contribution in [0.5, 0.6) is 11.5 Å². The first-order valence-corrected chi connectivity index (χ1v) is 5.89. The highest BCUT2D eigenvalue weighted by Crippen LogP contribution is 2.58. The van der Waals surface area contributed by atoms with Gasteiger partial charge in [0.15, 0.2) is 0 Å².